The Labute approximate surface area is 152 Å². The Morgan fingerprint density at radius 3 is 2.77 bits per heavy atom. The van der Waals surface area contributed by atoms with Crippen LogP contribution in [0.4, 0.5) is 5.95 Å². The number of anilines is 1. The van der Waals surface area contributed by atoms with Crippen LogP contribution in [0.3, 0.4) is 0 Å². The van der Waals surface area contributed by atoms with E-state index < -0.39 is 0 Å². The van der Waals surface area contributed by atoms with Crippen LogP contribution in [0.2, 0.25) is 0 Å². The number of nitrogens with zero attached hydrogens (tertiary/aromatic N) is 5. The lowest BCUT2D eigenvalue weighted by molar-refractivity contribution is -0.142. The highest BCUT2D eigenvalue weighted by molar-refractivity contribution is 5.80. The fourth-order valence-electron chi connectivity index (χ4n) is 4.23. The van der Waals surface area contributed by atoms with Gasteiger partial charge < -0.3 is 9.64 Å². The first kappa shape index (κ1) is 15.8. The fraction of sp³-hybridized carbons (Fsp3) is 0.450. The molecule has 0 N–H and O–H groups in total. The summed E-state index contributed by atoms with van der Waals surface area (Å²) in [6.07, 6.45) is 3.75. The van der Waals surface area contributed by atoms with Crippen LogP contribution in [0.15, 0.2) is 36.4 Å². The lowest BCUT2D eigenvalue weighted by Gasteiger charge is -2.50. The van der Waals surface area contributed by atoms with Crippen LogP contribution in [0.1, 0.15) is 26.2 Å². The van der Waals surface area contributed by atoms with Crippen LogP contribution in [-0.2, 0) is 11.8 Å². The van der Waals surface area contributed by atoms with Crippen LogP contribution in [0.5, 0.6) is 0 Å². The largest absolute Gasteiger partial charge is 0.368 e. The van der Waals surface area contributed by atoms with Crippen molar-refractivity contribution in [2.75, 3.05) is 18.0 Å². The van der Waals surface area contributed by atoms with E-state index in [0.29, 0.717) is 0 Å². The molecule has 2 fully saturated rings. The maximum Gasteiger partial charge on any atom is 0.227 e. The number of benzene rings is 1. The molecule has 3 aromatic rings. The number of morpholine rings is 1. The molecule has 1 aliphatic heterocycles. The van der Waals surface area contributed by atoms with E-state index >= 15 is 0 Å². The SMILES string of the molecule is CC1CN(c2nnc(-c3ccc4ccccc4n3)n2C)CC2(CCC2)O1. The number of para-hydroxylation sites is 1. The lowest BCUT2D eigenvalue weighted by atomic mass is 9.78. The summed E-state index contributed by atoms with van der Waals surface area (Å²) in [7, 11) is 2.02. The predicted octanol–water partition coefficient (Wildman–Crippen LogP) is 3.18. The third-order valence-corrected chi connectivity index (χ3v) is 5.63. The molecule has 5 rings (SSSR count). The quantitative estimate of drug-likeness (QED) is 0.711. The Balaban J connectivity index is 1.49. The van der Waals surface area contributed by atoms with Gasteiger partial charge in [-0.25, -0.2) is 4.98 Å². The van der Waals surface area contributed by atoms with Crippen molar-refractivity contribution in [3.05, 3.63) is 36.4 Å². The molecule has 0 radical (unpaired) electrons. The molecule has 26 heavy (non-hydrogen) atoms. The topological polar surface area (TPSA) is 56.1 Å². The van der Waals surface area contributed by atoms with Gasteiger partial charge in [0, 0.05) is 25.5 Å². The van der Waals surface area contributed by atoms with E-state index in [9.17, 15) is 0 Å². The van der Waals surface area contributed by atoms with Crippen molar-refractivity contribution in [2.24, 2.45) is 7.05 Å². The van der Waals surface area contributed by atoms with Crippen molar-refractivity contribution >= 4 is 16.9 Å². The minimum atomic E-state index is 0.0188. The highest BCUT2D eigenvalue weighted by atomic mass is 16.5. The first-order valence-electron chi connectivity index (χ1n) is 9.32. The predicted molar refractivity (Wildman–Crippen MR) is 101 cm³/mol. The number of hydrogen-bond acceptors (Lipinski definition) is 5. The first-order valence-corrected chi connectivity index (χ1v) is 9.32. The molecule has 1 atom stereocenters. The molecule has 1 spiro atoms. The van der Waals surface area contributed by atoms with Crippen LogP contribution in [0, 0.1) is 0 Å². The highest BCUT2D eigenvalue weighted by Gasteiger charge is 2.45. The zero-order valence-corrected chi connectivity index (χ0v) is 15.2. The molecule has 1 aliphatic carbocycles. The molecular weight excluding hydrogens is 326 g/mol. The van der Waals surface area contributed by atoms with Crippen LogP contribution >= 0.6 is 0 Å². The van der Waals surface area contributed by atoms with Gasteiger partial charge in [-0.1, -0.05) is 24.3 Å². The third kappa shape index (κ3) is 2.48. The summed E-state index contributed by atoms with van der Waals surface area (Å²) in [5, 5.41) is 10.1. The summed E-state index contributed by atoms with van der Waals surface area (Å²) in [5.41, 5.74) is 1.85. The second kappa shape index (κ2) is 5.77. The van der Waals surface area contributed by atoms with Gasteiger partial charge in [0.2, 0.25) is 5.95 Å². The maximum atomic E-state index is 6.23. The zero-order valence-electron chi connectivity index (χ0n) is 15.2. The van der Waals surface area contributed by atoms with E-state index in [1.54, 1.807) is 0 Å². The number of fused-ring (bicyclic) bond motifs is 1. The zero-order chi connectivity index (χ0) is 17.7. The summed E-state index contributed by atoms with van der Waals surface area (Å²) in [4.78, 5) is 7.09. The molecule has 1 aromatic carbocycles. The van der Waals surface area contributed by atoms with Gasteiger partial charge in [-0.05, 0) is 38.3 Å². The molecule has 6 heteroatoms. The normalized spacial score (nSPS) is 21.9. The Morgan fingerprint density at radius 2 is 1.96 bits per heavy atom. The molecule has 3 heterocycles. The number of hydrogen-bond donors (Lipinski definition) is 0. The van der Waals surface area contributed by atoms with Crippen LogP contribution in [0.25, 0.3) is 22.4 Å². The summed E-state index contributed by atoms with van der Waals surface area (Å²) < 4.78 is 8.29. The monoisotopic (exact) mass is 349 g/mol. The van der Waals surface area contributed by atoms with Gasteiger partial charge in [0.25, 0.3) is 0 Å². The van der Waals surface area contributed by atoms with Gasteiger partial charge in [-0.2, -0.15) is 0 Å². The number of rotatable bonds is 2. The Bertz CT molecular complexity index is 962. The molecule has 6 nitrogen and oxygen atoms in total. The van der Waals surface area contributed by atoms with Gasteiger partial charge in [-0.3, -0.25) is 4.57 Å². The fourth-order valence-corrected chi connectivity index (χ4v) is 4.23. The molecule has 0 amide bonds. The summed E-state index contributed by atoms with van der Waals surface area (Å²) >= 11 is 0. The van der Waals surface area contributed by atoms with Gasteiger partial charge in [0.05, 0.1) is 17.2 Å². The van der Waals surface area contributed by atoms with E-state index in [1.807, 2.05) is 31.3 Å². The van der Waals surface area contributed by atoms with E-state index in [1.165, 1.54) is 6.42 Å². The summed E-state index contributed by atoms with van der Waals surface area (Å²) in [5.74, 6) is 1.70. The Hall–Kier alpha value is -2.47. The maximum absolute atomic E-state index is 6.23. The molecule has 1 unspecified atom stereocenters. The van der Waals surface area contributed by atoms with E-state index in [4.69, 9.17) is 9.72 Å². The Morgan fingerprint density at radius 1 is 1.12 bits per heavy atom. The lowest BCUT2D eigenvalue weighted by Crippen LogP contribution is -2.58. The van der Waals surface area contributed by atoms with E-state index in [2.05, 4.69) is 38.7 Å². The molecule has 1 saturated heterocycles. The van der Waals surface area contributed by atoms with Crippen LogP contribution in [-0.4, -0.2) is 44.5 Å². The summed E-state index contributed by atoms with van der Waals surface area (Å²) in [6.45, 7) is 3.89. The van der Waals surface area contributed by atoms with Crippen molar-refractivity contribution < 1.29 is 4.74 Å². The minimum Gasteiger partial charge on any atom is -0.368 e. The van der Waals surface area contributed by atoms with Crippen molar-refractivity contribution in [3.8, 4) is 11.5 Å². The van der Waals surface area contributed by atoms with Gasteiger partial charge in [0.15, 0.2) is 5.82 Å². The van der Waals surface area contributed by atoms with E-state index in [-0.39, 0.29) is 11.7 Å². The van der Waals surface area contributed by atoms with Crippen LogP contribution < -0.4 is 4.90 Å². The van der Waals surface area contributed by atoms with Crippen molar-refractivity contribution in [1.29, 1.82) is 0 Å². The van der Waals surface area contributed by atoms with Crippen molar-refractivity contribution in [3.63, 3.8) is 0 Å². The molecular formula is C20H23N5O. The number of aromatic nitrogens is 4. The van der Waals surface area contributed by atoms with Crippen molar-refractivity contribution in [1.82, 2.24) is 19.7 Å². The van der Waals surface area contributed by atoms with Crippen molar-refractivity contribution in [2.45, 2.75) is 37.9 Å². The molecule has 134 valence electrons. The molecule has 2 aromatic heterocycles. The third-order valence-electron chi connectivity index (χ3n) is 5.63. The number of ether oxygens (including phenoxy) is 1. The molecule has 2 aliphatic rings. The molecule has 1 saturated carbocycles. The Kier molecular flexibility index (Phi) is 3.50. The first-order chi connectivity index (χ1) is 12.6. The van der Waals surface area contributed by atoms with Gasteiger partial charge >= 0.3 is 0 Å². The number of pyridine rings is 1. The minimum absolute atomic E-state index is 0.0188. The highest BCUT2D eigenvalue weighted by Crippen LogP contribution is 2.40. The summed E-state index contributed by atoms with van der Waals surface area (Å²) in [6, 6.07) is 12.2. The second-order valence-electron chi connectivity index (χ2n) is 7.62. The van der Waals surface area contributed by atoms with E-state index in [0.717, 1.165) is 54.3 Å². The second-order valence-corrected chi connectivity index (χ2v) is 7.62. The van der Waals surface area contributed by atoms with Gasteiger partial charge in [-0.15, -0.1) is 10.2 Å². The average Bonchev–Trinajstić information content (AvgIpc) is 3.01. The van der Waals surface area contributed by atoms with Gasteiger partial charge in [0.1, 0.15) is 5.69 Å². The standard InChI is InChI=1S/C20H23N5O/c1-14-12-25(13-20(26-14)10-5-11-20)19-23-22-18(24(19)2)17-9-8-15-6-3-4-7-16(15)21-17/h3-4,6-9,14H,5,10-13H2,1-2H3. The average molecular weight is 349 g/mol. The smallest absolute Gasteiger partial charge is 0.227 e. The molecule has 0 bridgehead atoms.